The van der Waals surface area contributed by atoms with Gasteiger partial charge in [0.1, 0.15) is 5.78 Å². The zero-order valence-corrected chi connectivity index (χ0v) is 9.76. The lowest BCUT2D eigenvalue weighted by molar-refractivity contribution is -0.116. The predicted molar refractivity (Wildman–Crippen MR) is 64.9 cm³/mol. The average Bonchev–Trinajstić information content (AvgIpc) is 2.18. The first-order valence-corrected chi connectivity index (χ1v) is 5.25. The maximum atomic E-state index is 10.9. The van der Waals surface area contributed by atoms with Crippen LogP contribution in [-0.2, 0) is 4.79 Å². The molecule has 1 rings (SSSR count). The van der Waals surface area contributed by atoms with Crippen molar-refractivity contribution < 1.29 is 4.79 Å². The summed E-state index contributed by atoms with van der Waals surface area (Å²) < 4.78 is 0. The van der Waals surface area contributed by atoms with Crippen molar-refractivity contribution in [3.8, 4) is 0 Å². The van der Waals surface area contributed by atoms with E-state index in [1.165, 1.54) is 16.7 Å². The van der Waals surface area contributed by atoms with Crippen LogP contribution in [0.4, 0.5) is 0 Å². The van der Waals surface area contributed by atoms with E-state index in [0.29, 0.717) is 6.42 Å². The van der Waals surface area contributed by atoms with E-state index >= 15 is 0 Å². The van der Waals surface area contributed by atoms with Gasteiger partial charge in [0, 0.05) is 6.42 Å². The largest absolute Gasteiger partial charge is 0.300 e. The second-order valence-corrected chi connectivity index (χ2v) is 4.12. The van der Waals surface area contributed by atoms with Crippen LogP contribution in [0.3, 0.4) is 0 Å². The Hall–Kier alpha value is -1.37. The van der Waals surface area contributed by atoms with Crippen LogP contribution in [0.1, 0.15) is 36.5 Å². The molecule has 1 heteroatoms. The van der Waals surface area contributed by atoms with Crippen molar-refractivity contribution >= 4 is 11.4 Å². The second kappa shape index (κ2) is 4.92. The van der Waals surface area contributed by atoms with Crippen molar-refractivity contribution in [3.63, 3.8) is 0 Å². The van der Waals surface area contributed by atoms with Crippen LogP contribution in [0.25, 0.3) is 5.57 Å². The molecule has 0 unspecified atom stereocenters. The van der Waals surface area contributed by atoms with E-state index in [4.69, 9.17) is 0 Å². The van der Waals surface area contributed by atoms with Gasteiger partial charge >= 0.3 is 0 Å². The molecule has 80 valence electrons. The van der Waals surface area contributed by atoms with Crippen molar-refractivity contribution in [1.82, 2.24) is 0 Å². The molecule has 0 amide bonds. The van der Waals surface area contributed by atoms with E-state index < -0.39 is 0 Å². The molecule has 1 aromatic rings. The van der Waals surface area contributed by atoms with Crippen LogP contribution in [0.2, 0.25) is 0 Å². The first-order valence-electron chi connectivity index (χ1n) is 5.25. The molecule has 0 aliphatic heterocycles. The molecular weight excluding hydrogens is 184 g/mol. The van der Waals surface area contributed by atoms with Gasteiger partial charge in [-0.2, -0.15) is 0 Å². The zero-order valence-electron chi connectivity index (χ0n) is 9.76. The quantitative estimate of drug-likeness (QED) is 0.727. The molecule has 0 bridgehead atoms. The molecule has 0 saturated heterocycles. The molecule has 0 heterocycles. The third-order valence-electron chi connectivity index (χ3n) is 2.55. The van der Waals surface area contributed by atoms with Crippen molar-refractivity contribution in [2.24, 2.45) is 0 Å². The molecule has 0 saturated carbocycles. The summed E-state index contributed by atoms with van der Waals surface area (Å²) in [4.78, 5) is 10.9. The Kier molecular flexibility index (Phi) is 3.84. The summed E-state index contributed by atoms with van der Waals surface area (Å²) in [7, 11) is 0. The van der Waals surface area contributed by atoms with Gasteiger partial charge < -0.3 is 4.79 Å². The van der Waals surface area contributed by atoms with E-state index in [0.717, 1.165) is 12.0 Å². The maximum Gasteiger partial charge on any atom is 0.130 e. The lowest BCUT2D eigenvalue weighted by atomic mass is 9.96. The van der Waals surface area contributed by atoms with Gasteiger partial charge in [0.05, 0.1) is 0 Å². The Morgan fingerprint density at radius 1 is 1.27 bits per heavy atom. The van der Waals surface area contributed by atoms with Crippen molar-refractivity contribution in [1.29, 1.82) is 0 Å². The van der Waals surface area contributed by atoms with Gasteiger partial charge in [0.2, 0.25) is 0 Å². The molecule has 0 radical (unpaired) electrons. The molecule has 0 aliphatic carbocycles. The first kappa shape index (κ1) is 11.7. The van der Waals surface area contributed by atoms with E-state index in [9.17, 15) is 4.79 Å². The molecule has 15 heavy (non-hydrogen) atoms. The summed E-state index contributed by atoms with van der Waals surface area (Å²) in [6, 6.07) is 6.33. The predicted octanol–water partition coefficient (Wildman–Crippen LogP) is 3.69. The molecule has 0 fully saturated rings. The van der Waals surface area contributed by atoms with E-state index in [-0.39, 0.29) is 5.78 Å². The van der Waals surface area contributed by atoms with Crippen molar-refractivity contribution in [2.75, 3.05) is 0 Å². The third kappa shape index (κ3) is 3.35. The molecule has 0 aromatic heterocycles. The summed E-state index contributed by atoms with van der Waals surface area (Å²) in [5.74, 6) is 0.224. The highest BCUT2D eigenvalue weighted by atomic mass is 16.1. The zero-order chi connectivity index (χ0) is 11.4. The van der Waals surface area contributed by atoms with Crippen LogP contribution in [0.15, 0.2) is 24.8 Å². The molecule has 1 nitrogen and oxygen atoms in total. The maximum absolute atomic E-state index is 10.9. The lowest BCUT2D eigenvalue weighted by Crippen LogP contribution is -1.93. The van der Waals surface area contributed by atoms with Gasteiger partial charge in [-0.05, 0) is 43.9 Å². The monoisotopic (exact) mass is 202 g/mol. The van der Waals surface area contributed by atoms with Gasteiger partial charge in [-0.1, -0.05) is 30.3 Å². The molecule has 1 aromatic carbocycles. The summed E-state index contributed by atoms with van der Waals surface area (Å²) in [6.45, 7) is 9.82. The fourth-order valence-corrected chi connectivity index (χ4v) is 1.58. The van der Waals surface area contributed by atoms with Crippen LogP contribution < -0.4 is 0 Å². The number of rotatable bonds is 4. The number of benzene rings is 1. The number of carbonyl (C=O) groups is 1. The SMILES string of the molecule is C=C(CCC(C)=O)c1cc(C)ccc1C. The highest BCUT2D eigenvalue weighted by Crippen LogP contribution is 2.22. The van der Waals surface area contributed by atoms with Crippen LogP contribution in [0.5, 0.6) is 0 Å². The fraction of sp³-hybridized carbons (Fsp3) is 0.357. The summed E-state index contributed by atoms with van der Waals surface area (Å²) in [5, 5.41) is 0. The minimum atomic E-state index is 0.224. The normalized spacial score (nSPS) is 10.1. The number of hydrogen-bond acceptors (Lipinski definition) is 1. The number of hydrogen-bond donors (Lipinski definition) is 0. The Morgan fingerprint density at radius 2 is 1.93 bits per heavy atom. The van der Waals surface area contributed by atoms with Gasteiger partial charge in [-0.15, -0.1) is 0 Å². The summed E-state index contributed by atoms with van der Waals surface area (Å²) in [6.07, 6.45) is 1.35. The Balaban J connectivity index is 2.81. The number of Topliss-reactive ketones (excluding diaryl/α,β-unsaturated/α-hetero) is 1. The highest BCUT2D eigenvalue weighted by molar-refractivity contribution is 5.78. The number of carbonyl (C=O) groups excluding carboxylic acids is 1. The van der Waals surface area contributed by atoms with Crippen LogP contribution in [0, 0.1) is 13.8 Å². The van der Waals surface area contributed by atoms with Crippen molar-refractivity contribution in [2.45, 2.75) is 33.6 Å². The number of ketones is 1. The fourth-order valence-electron chi connectivity index (χ4n) is 1.58. The van der Waals surface area contributed by atoms with Gasteiger partial charge in [0.25, 0.3) is 0 Å². The standard InChI is InChI=1S/C14H18O/c1-10-5-6-11(2)14(9-10)12(3)7-8-13(4)15/h5-6,9H,3,7-8H2,1-2,4H3. The first-order chi connectivity index (χ1) is 7.00. The molecular formula is C14H18O. The van der Waals surface area contributed by atoms with E-state index in [1.807, 2.05) is 0 Å². The molecule has 0 spiro atoms. The minimum Gasteiger partial charge on any atom is -0.300 e. The highest BCUT2D eigenvalue weighted by Gasteiger charge is 2.04. The molecule has 0 N–H and O–H groups in total. The minimum absolute atomic E-state index is 0.224. The van der Waals surface area contributed by atoms with Gasteiger partial charge in [0.15, 0.2) is 0 Å². The van der Waals surface area contributed by atoms with E-state index in [2.05, 4.69) is 38.6 Å². The second-order valence-electron chi connectivity index (χ2n) is 4.12. The average molecular weight is 202 g/mol. The topological polar surface area (TPSA) is 17.1 Å². The third-order valence-corrected chi connectivity index (χ3v) is 2.55. The lowest BCUT2D eigenvalue weighted by Gasteiger charge is -2.09. The number of allylic oxidation sites excluding steroid dienone is 1. The van der Waals surface area contributed by atoms with Gasteiger partial charge in [-0.3, -0.25) is 0 Å². The Bertz CT molecular complexity index is 388. The van der Waals surface area contributed by atoms with E-state index in [1.54, 1.807) is 6.92 Å². The Labute approximate surface area is 91.8 Å². The van der Waals surface area contributed by atoms with Crippen LogP contribution >= 0.6 is 0 Å². The number of aryl methyl sites for hydroxylation is 2. The summed E-state index contributed by atoms with van der Waals surface area (Å²) in [5.41, 5.74) is 4.72. The van der Waals surface area contributed by atoms with Crippen molar-refractivity contribution in [3.05, 3.63) is 41.5 Å². The summed E-state index contributed by atoms with van der Waals surface area (Å²) >= 11 is 0. The van der Waals surface area contributed by atoms with Crippen LogP contribution in [-0.4, -0.2) is 5.78 Å². The molecule has 0 atom stereocenters. The van der Waals surface area contributed by atoms with Gasteiger partial charge in [-0.25, -0.2) is 0 Å². The Morgan fingerprint density at radius 3 is 2.53 bits per heavy atom. The molecule has 0 aliphatic rings. The smallest absolute Gasteiger partial charge is 0.130 e.